The van der Waals surface area contributed by atoms with E-state index in [0.29, 0.717) is 5.92 Å². The smallest absolute Gasteiger partial charge is 0.109 e. The third-order valence-corrected chi connectivity index (χ3v) is 3.99. The van der Waals surface area contributed by atoms with E-state index >= 15 is 0 Å². The van der Waals surface area contributed by atoms with Crippen molar-refractivity contribution in [1.29, 1.82) is 0 Å². The molecule has 0 saturated carbocycles. The molecule has 1 aromatic heterocycles. The molecular formula is C13H21N3. The number of fused-ring (bicyclic) bond motifs is 1. The van der Waals surface area contributed by atoms with E-state index in [1.165, 1.54) is 50.3 Å². The van der Waals surface area contributed by atoms with Crippen molar-refractivity contribution in [3.8, 4) is 0 Å². The molecule has 3 nitrogen and oxygen atoms in total. The summed E-state index contributed by atoms with van der Waals surface area (Å²) in [7, 11) is 0. The van der Waals surface area contributed by atoms with E-state index in [0.717, 1.165) is 12.5 Å². The number of nitrogens with one attached hydrogen (secondary N) is 1. The van der Waals surface area contributed by atoms with Crippen LogP contribution in [0.15, 0.2) is 6.20 Å². The molecule has 0 aliphatic carbocycles. The minimum atomic E-state index is 0.655. The molecule has 1 N–H and O–H groups in total. The summed E-state index contributed by atoms with van der Waals surface area (Å²) in [5.74, 6) is 2.79. The van der Waals surface area contributed by atoms with Gasteiger partial charge in [0.15, 0.2) is 0 Å². The maximum absolute atomic E-state index is 4.85. The highest BCUT2D eigenvalue weighted by atomic mass is 15.1. The lowest BCUT2D eigenvalue weighted by molar-refractivity contribution is 0.409. The number of piperidine rings is 1. The highest BCUT2D eigenvalue weighted by molar-refractivity contribution is 5.12. The second kappa shape index (κ2) is 4.21. The van der Waals surface area contributed by atoms with Gasteiger partial charge in [-0.05, 0) is 31.7 Å². The third kappa shape index (κ3) is 1.88. The summed E-state index contributed by atoms with van der Waals surface area (Å²) in [6.45, 7) is 5.80. The Bertz CT molecular complexity index is 363. The molecule has 0 bridgehead atoms. The lowest BCUT2D eigenvalue weighted by Crippen LogP contribution is -2.28. The Morgan fingerprint density at radius 3 is 3.19 bits per heavy atom. The van der Waals surface area contributed by atoms with Crippen LogP contribution in [0.25, 0.3) is 0 Å². The van der Waals surface area contributed by atoms with Gasteiger partial charge in [-0.15, -0.1) is 0 Å². The van der Waals surface area contributed by atoms with Gasteiger partial charge in [-0.3, -0.25) is 0 Å². The SMILES string of the molecule is C[C@H]1CCn2cc([C@@H]3CCCNC3)nc2C1. The fourth-order valence-corrected chi connectivity index (χ4v) is 2.91. The van der Waals surface area contributed by atoms with Gasteiger partial charge in [0.25, 0.3) is 0 Å². The topological polar surface area (TPSA) is 29.9 Å². The summed E-state index contributed by atoms with van der Waals surface area (Å²) >= 11 is 0. The highest BCUT2D eigenvalue weighted by Gasteiger charge is 2.22. The molecule has 1 saturated heterocycles. The van der Waals surface area contributed by atoms with Crippen molar-refractivity contribution < 1.29 is 0 Å². The number of imidazole rings is 1. The molecule has 16 heavy (non-hydrogen) atoms. The van der Waals surface area contributed by atoms with Gasteiger partial charge in [0.2, 0.25) is 0 Å². The van der Waals surface area contributed by atoms with E-state index in [-0.39, 0.29) is 0 Å². The first kappa shape index (κ1) is 10.3. The first-order chi connectivity index (χ1) is 7.83. The van der Waals surface area contributed by atoms with Crippen LogP contribution in [0.1, 0.15) is 43.6 Å². The van der Waals surface area contributed by atoms with Gasteiger partial charge in [-0.25, -0.2) is 4.98 Å². The Morgan fingerprint density at radius 2 is 2.38 bits per heavy atom. The van der Waals surface area contributed by atoms with E-state index in [1.54, 1.807) is 0 Å². The highest BCUT2D eigenvalue weighted by Crippen LogP contribution is 2.26. The molecule has 2 atom stereocenters. The minimum absolute atomic E-state index is 0.655. The standard InChI is InChI=1S/C13H21N3/c1-10-4-6-16-9-12(15-13(16)7-10)11-3-2-5-14-8-11/h9-11,14H,2-8H2,1H3/t10-,11+/m0/s1. The van der Waals surface area contributed by atoms with Crippen LogP contribution in [0, 0.1) is 5.92 Å². The Labute approximate surface area is 97.3 Å². The van der Waals surface area contributed by atoms with Gasteiger partial charge in [0.1, 0.15) is 5.82 Å². The van der Waals surface area contributed by atoms with Crippen molar-refractivity contribution in [2.24, 2.45) is 5.92 Å². The summed E-state index contributed by atoms with van der Waals surface area (Å²) in [6.07, 6.45) is 7.38. The first-order valence-electron chi connectivity index (χ1n) is 6.59. The Morgan fingerprint density at radius 1 is 1.44 bits per heavy atom. The molecule has 3 heteroatoms. The molecule has 0 spiro atoms. The lowest BCUT2D eigenvalue weighted by Gasteiger charge is -2.20. The minimum Gasteiger partial charge on any atom is -0.335 e. The van der Waals surface area contributed by atoms with Crippen LogP contribution >= 0.6 is 0 Å². The Kier molecular flexibility index (Phi) is 2.72. The predicted molar refractivity (Wildman–Crippen MR) is 64.6 cm³/mol. The van der Waals surface area contributed by atoms with Gasteiger partial charge in [0.05, 0.1) is 5.69 Å². The van der Waals surface area contributed by atoms with Crippen molar-refractivity contribution in [3.63, 3.8) is 0 Å². The fourth-order valence-electron chi connectivity index (χ4n) is 2.91. The largest absolute Gasteiger partial charge is 0.335 e. The maximum Gasteiger partial charge on any atom is 0.109 e. The average Bonchev–Trinajstić information content (AvgIpc) is 2.73. The van der Waals surface area contributed by atoms with Crippen molar-refractivity contribution in [2.75, 3.05) is 13.1 Å². The summed E-state index contributed by atoms with van der Waals surface area (Å²) < 4.78 is 2.38. The number of hydrogen-bond donors (Lipinski definition) is 1. The number of aryl methyl sites for hydroxylation is 1. The van der Waals surface area contributed by atoms with Gasteiger partial charge in [-0.2, -0.15) is 0 Å². The zero-order chi connectivity index (χ0) is 11.0. The quantitative estimate of drug-likeness (QED) is 0.782. The predicted octanol–water partition coefficient (Wildman–Crippen LogP) is 1.93. The maximum atomic E-state index is 4.85. The van der Waals surface area contributed by atoms with Crippen LogP contribution < -0.4 is 5.32 Å². The van der Waals surface area contributed by atoms with Crippen molar-refractivity contribution in [1.82, 2.24) is 14.9 Å². The molecule has 3 heterocycles. The van der Waals surface area contributed by atoms with E-state index in [9.17, 15) is 0 Å². The van der Waals surface area contributed by atoms with Crippen LogP contribution in [0.4, 0.5) is 0 Å². The zero-order valence-electron chi connectivity index (χ0n) is 10.1. The van der Waals surface area contributed by atoms with Crippen molar-refractivity contribution in [3.05, 3.63) is 17.7 Å². The van der Waals surface area contributed by atoms with Gasteiger partial charge in [-0.1, -0.05) is 6.92 Å². The molecule has 0 radical (unpaired) electrons. The van der Waals surface area contributed by atoms with Gasteiger partial charge < -0.3 is 9.88 Å². The Hall–Kier alpha value is -0.830. The summed E-state index contributed by atoms with van der Waals surface area (Å²) in [5.41, 5.74) is 1.33. The van der Waals surface area contributed by atoms with Crippen molar-refractivity contribution >= 4 is 0 Å². The Balaban J connectivity index is 1.80. The number of rotatable bonds is 1. The third-order valence-electron chi connectivity index (χ3n) is 3.99. The molecule has 1 aromatic rings. The monoisotopic (exact) mass is 219 g/mol. The van der Waals surface area contributed by atoms with E-state index in [2.05, 4.69) is 23.0 Å². The fraction of sp³-hybridized carbons (Fsp3) is 0.769. The van der Waals surface area contributed by atoms with Gasteiger partial charge >= 0.3 is 0 Å². The second-order valence-corrected chi connectivity index (χ2v) is 5.42. The molecule has 1 fully saturated rings. The normalized spacial score (nSPS) is 30.1. The lowest BCUT2D eigenvalue weighted by atomic mass is 9.97. The van der Waals surface area contributed by atoms with Crippen LogP contribution in [0.2, 0.25) is 0 Å². The second-order valence-electron chi connectivity index (χ2n) is 5.42. The number of hydrogen-bond acceptors (Lipinski definition) is 2. The van der Waals surface area contributed by atoms with Crippen LogP contribution in [-0.4, -0.2) is 22.6 Å². The van der Waals surface area contributed by atoms with Crippen LogP contribution in [-0.2, 0) is 13.0 Å². The average molecular weight is 219 g/mol. The zero-order valence-corrected chi connectivity index (χ0v) is 10.1. The van der Waals surface area contributed by atoms with E-state index in [4.69, 9.17) is 4.98 Å². The molecule has 3 rings (SSSR count). The summed E-state index contributed by atoms with van der Waals surface area (Å²) in [4.78, 5) is 4.85. The van der Waals surface area contributed by atoms with E-state index in [1.807, 2.05) is 0 Å². The molecule has 88 valence electrons. The molecule has 0 amide bonds. The van der Waals surface area contributed by atoms with Crippen LogP contribution in [0.5, 0.6) is 0 Å². The van der Waals surface area contributed by atoms with Crippen molar-refractivity contribution in [2.45, 2.75) is 45.1 Å². The summed E-state index contributed by atoms with van der Waals surface area (Å²) in [6, 6.07) is 0. The first-order valence-corrected chi connectivity index (χ1v) is 6.59. The molecule has 2 aliphatic heterocycles. The molecule has 2 aliphatic rings. The molecule has 0 unspecified atom stereocenters. The molecule has 0 aromatic carbocycles. The van der Waals surface area contributed by atoms with Gasteiger partial charge in [0, 0.05) is 31.6 Å². The molecular weight excluding hydrogens is 198 g/mol. The van der Waals surface area contributed by atoms with E-state index < -0.39 is 0 Å². The van der Waals surface area contributed by atoms with Crippen LogP contribution in [0.3, 0.4) is 0 Å². The summed E-state index contributed by atoms with van der Waals surface area (Å²) in [5, 5.41) is 3.47. The number of nitrogens with zero attached hydrogens (tertiary/aromatic N) is 2. The number of aromatic nitrogens is 2.